The lowest BCUT2D eigenvalue weighted by Gasteiger charge is -2.18. The molecule has 0 bridgehead atoms. The third-order valence-corrected chi connectivity index (χ3v) is 4.25. The molecule has 0 aliphatic heterocycles. The summed E-state index contributed by atoms with van der Waals surface area (Å²) in [4.78, 5) is 0. The maximum atomic E-state index is 10.5. The highest BCUT2D eigenvalue weighted by Crippen LogP contribution is 2.38. The van der Waals surface area contributed by atoms with Crippen LogP contribution in [0.3, 0.4) is 0 Å². The van der Waals surface area contributed by atoms with E-state index >= 15 is 0 Å². The monoisotopic (exact) mass is 368 g/mol. The molecule has 0 aromatic heterocycles. The van der Waals surface area contributed by atoms with E-state index < -0.39 is 0 Å². The molecule has 0 aliphatic rings. The number of unbranched alkanes of at least 4 members (excludes halogenated alkanes) is 3. The summed E-state index contributed by atoms with van der Waals surface area (Å²) in [6, 6.07) is 3.90. The summed E-state index contributed by atoms with van der Waals surface area (Å²) in [7, 11) is 4.83. The van der Waals surface area contributed by atoms with E-state index in [4.69, 9.17) is 18.9 Å². The van der Waals surface area contributed by atoms with Crippen molar-refractivity contribution >= 4 is 0 Å². The predicted octanol–water partition coefficient (Wildman–Crippen LogP) is 3.59. The second-order valence-corrected chi connectivity index (χ2v) is 6.15. The van der Waals surface area contributed by atoms with Gasteiger partial charge in [0.15, 0.2) is 11.5 Å². The Hall–Kier alpha value is -1.50. The lowest BCUT2D eigenvalue weighted by atomic mass is 10.1. The Morgan fingerprint density at radius 1 is 0.962 bits per heavy atom. The smallest absolute Gasteiger partial charge is 0.203 e. The molecule has 1 radical (unpaired) electrons. The van der Waals surface area contributed by atoms with Crippen molar-refractivity contribution in [3.05, 3.63) is 17.7 Å². The molecule has 6 nitrogen and oxygen atoms in total. The van der Waals surface area contributed by atoms with Gasteiger partial charge in [0.1, 0.15) is 0 Å². The van der Waals surface area contributed by atoms with Crippen molar-refractivity contribution < 1.29 is 24.1 Å². The first-order chi connectivity index (χ1) is 12.7. The van der Waals surface area contributed by atoms with Crippen molar-refractivity contribution in [2.24, 2.45) is 0 Å². The molecule has 0 heterocycles. The molecule has 0 saturated heterocycles. The molecule has 1 aromatic carbocycles. The Kier molecular flexibility index (Phi) is 11.9. The number of methoxy groups -OCH3 is 3. The molecule has 0 saturated carbocycles. The predicted molar refractivity (Wildman–Crippen MR) is 102 cm³/mol. The van der Waals surface area contributed by atoms with E-state index in [1.54, 1.807) is 21.3 Å². The summed E-state index contributed by atoms with van der Waals surface area (Å²) in [5.41, 5.74) is 1.06. The van der Waals surface area contributed by atoms with Crippen LogP contribution in [0.2, 0.25) is 0 Å². The van der Waals surface area contributed by atoms with E-state index in [0.717, 1.165) is 44.2 Å². The number of hydrogen-bond donors (Lipinski definition) is 1. The van der Waals surface area contributed by atoms with Gasteiger partial charge in [-0.2, -0.15) is 0 Å². The Balaban J connectivity index is 2.52. The van der Waals surface area contributed by atoms with Crippen LogP contribution in [0.1, 0.15) is 44.6 Å². The van der Waals surface area contributed by atoms with Crippen molar-refractivity contribution in [3.63, 3.8) is 0 Å². The van der Waals surface area contributed by atoms with Gasteiger partial charge in [0.25, 0.3) is 0 Å². The number of nitrogens with one attached hydrogen (secondary N) is 1. The molecule has 26 heavy (non-hydrogen) atoms. The minimum atomic E-state index is 0.0330. The van der Waals surface area contributed by atoms with Gasteiger partial charge >= 0.3 is 0 Å². The molecule has 1 N–H and O–H groups in total. The first-order valence-corrected chi connectivity index (χ1v) is 9.39. The first kappa shape index (κ1) is 22.5. The summed E-state index contributed by atoms with van der Waals surface area (Å²) in [5.74, 6) is 1.91. The summed E-state index contributed by atoms with van der Waals surface area (Å²) in [6.45, 7) is 4.23. The van der Waals surface area contributed by atoms with Crippen LogP contribution < -0.4 is 19.5 Å². The average molecular weight is 368 g/mol. The van der Waals surface area contributed by atoms with E-state index in [1.807, 2.05) is 19.1 Å². The van der Waals surface area contributed by atoms with Crippen LogP contribution in [0, 0.1) is 0 Å². The Morgan fingerprint density at radius 3 is 2.15 bits per heavy atom. The van der Waals surface area contributed by atoms with Crippen LogP contribution >= 0.6 is 0 Å². The fraction of sp³-hybridized carbons (Fsp3) is 0.700. The van der Waals surface area contributed by atoms with Crippen molar-refractivity contribution in [2.75, 3.05) is 41.1 Å². The molecule has 6 heteroatoms. The first-order valence-electron chi connectivity index (χ1n) is 9.39. The van der Waals surface area contributed by atoms with Gasteiger partial charge in [0.2, 0.25) is 5.75 Å². The summed E-state index contributed by atoms with van der Waals surface area (Å²) in [5, 5.41) is 13.9. The molecule has 0 amide bonds. The molecule has 1 unspecified atom stereocenters. The molecular weight excluding hydrogens is 334 g/mol. The molecule has 0 aliphatic carbocycles. The van der Waals surface area contributed by atoms with E-state index in [9.17, 15) is 5.11 Å². The van der Waals surface area contributed by atoms with E-state index in [0.29, 0.717) is 30.4 Å². The maximum absolute atomic E-state index is 10.5. The van der Waals surface area contributed by atoms with Gasteiger partial charge in [-0.25, -0.2) is 5.11 Å². The highest BCUT2D eigenvalue weighted by atomic mass is 16.5. The Morgan fingerprint density at radius 2 is 1.62 bits per heavy atom. The minimum absolute atomic E-state index is 0.0330. The zero-order chi connectivity index (χ0) is 19.2. The quantitative estimate of drug-likeness (QED) is 0.479. The van der Waals surface area contributed by atoms with Crippen molar-refractivity contribution in [3.8, 4) is 17.2 Å². The van der Waals surface area contributed by atoms with Gasteiger partial charge in [-0.05, 0) is 37.5 Å². The highest BCUT2D eigenvalue weighted by molar-refractivity contribution is 5.53. The van der Waals surface area contributed by atoms with Gasteiger partial charge in [-0.3, -0.25) is 0 Å². The number of ether oxygens (including phenoxy) is 4. The lowest BCUT2D eigenvalue weighted by Crippen LogP contribution is -2.29. The second kappa shape index (κ2) is 13.7. The zero-order valence-electron chi connectivity index (χ0n) is 16.6. The van der Waals surface area contributed by atoms with Gasteiger partial charge in [0, 0.05) is 19.7 Å². The minimum Gasteiger partial charge on any atom is -0.493 e. The Bertz CT molecular complexity index is 470. The van der Waals surface area contributed by atoms with Crippen LogP contribution in [-0.2, 0) is 16.4 Å². The SMILES string of the molecule is CCOC(CCCCCC[O])CNCc1cc(OC)c(OC)c(OC)c1. The maximum Gasteiger partial charge on any atom is 0.203 e. The topological polar surface area (TPSA) is 68.9 Å². The van der Waals surface area contributed by atoms with Gasteiger partial charge < -0.3 is 24.3 Å². The van der Waals surface area contributed by atoms with Crippen molar-refractivity contribution in [1.29, 1.82) is 0 Å². The van der Waals surface area contributed by atoms with Gasteiger partial charge in [-0.15, -0.1) is 0 Å². The van der Waals surface area contributed by atoms with Gasteiger partial charge in [0.05, 0.1) is 34.0 Å². The second-order valence-electron chi connectivity index (χ2n) is 6.15. The van der Waals surface area contributed by atoms with Crippen molar-refractivity contribution in [2.45, 2.75) is 51.7 Å². The summed E-state index contributed by atoms with van der Waals surface area (Å²) in [6.07, 6.45) is 5.18. The molecular formula is C20H34NO5. The fourth-order valence-electron chi connectivity index (χ4n) is 2.92. The standard InChI is InChI=1S/C20H34NO5/c1-5-26-17(10-8-6-7-9-11-22)15-21-14-16-12-18(23-2)20(25-4)19(13-16)24-3/h12-13,17,21H,5-11,14-15H2,1-4H3. The summed E-state index contributed by atoms with van der Waals surface area (Å²) < 4.78 is 22.0. The third-order valence-electron chi connectivity index (χ3n) is 4.25. The average Bonchev–Trinajstić information content (AvgIpc) is 2.66. The number of benzene rings is 1. The van der Waals surface area contributed by atoms with Crippen LogP contribution in [0.5, 0.6) is 17.2 Å². The normalized spacial score (nSPS) is 12.0. The zero-order valence-corrected chi connectivity index (χ0v) is 16.6. The lowest BCUT2D eigenvalue weighted by molar-refractivity contribution is 0.0545. The van der Waals surface area contributed by atoms with Crippen LogP contribution in [0.4, 0.5) is 0 Å². The molecule has 1 atom stereocenters. The number of rotatable bonds is 15. The molecule has 1 aromatic rings. The molecule has 0 spiro atoms. The van der Waals surface area contributed by atoms with E-state index in [1.165, 1.54) is 0 Å². The molecule has 149 valence electrons. The van der Waals surface area contributed by atoms with Gasteiger partial charge in [-0.1, -0.05) is 19.3 Å². The number of hydrogen-bond acceptors (Lipinski definition) is 5. The van der Waals surface area contributed by atoms with E-state index in [-0.39, 0.29) is 12.7 Å². The summed E-state index contributed by atoms with van der Waals surface area (Å²) >= 11 is 0. The van der Waals surface area contributed by atoms with Crippen LogP contribution in [0.15, 0.2) is 12.1 Å². The third kappa shape index (κ3) is 7.81. The Labute approximate surface area is 157 Å². The van der Waals surface area contributed by atoms with Crippen LogP contribution in [0.25, 0.3) is 0 Å². The molecule has 0 fully saturated rings. The molecule has 1 rings (SSSR count). The van der Waals surface area contributed by atoms with Crippen molar-refractivity contribution in [1.82, 2.24) is 5.32 Å². The fourth-order valence-corrected chi connectivity index (χ4v) is 2.92. The van der Waals surface area contributed by atoms with Crippen LogP contribution in [-0.4, -0.2) is 47.2 Å². The highest BCUT2D eigenvalue weighted by Gasteiger charge is 2.14. The largest absolute Gasteiger partial charge is 0.493 e. The van der Waals surface area contributed by atoms with E-state index in [2.05, 4.69) is 5.32 Å².